The summed E-state index contributed by atoms with van der Waals surface area (Å²) in [7, 11) is 4.75. The highest BCUT2D eigenvalue weighted by Gasteiger charge is 2.56. The van der Waals surface area contributed by atoms with Crippen LogP contribution >= 0.6 is 11.6 Å². The van der Waals surface area contributed by atoms with Crippen molar-refractivity contribution >= 4 is 41.1 Å². The van der Waals surface area contributed by atoms with Crippen LogP contribution < -0.4 is 0 Å². The Kier molecular flexibility index (Phi) is 20.2. The van der Waals surface area contributed by atoms with Gasteiger partial charge in [-0.05, 0) is 113 Å². The van der Waals surface area contributed by atoms with Gasteiger partial charge in [0.05, 0.1) is 37.1 Å². The SMILES string of the molecule is CC[C@@H]1/C=C(\C)C[C@H](C)C[C@H](OC)[C@H]2O[C@@](O)(C(=O)C(=O)N3CCCC[C@H]3C(=O)O[C@H](/C(C)=C/[C@@H]3CC[C@@H](OC/C=C/c4ccc(Cl)cc4)[C@H](OC)C3)[C@H](C)[C@@H](O)CC1=O)[C@H](C)C[C@@H]2OC. The quantitative estimate of drug-likeness (QED) is 0.133. The molecule has 1 aromatic rings. The standard InChI is InChI=1S/C52H76ClNO12/c1-10-38-25-31(2)24-32(3)26-45(62-8)48-46(63-9)28-34(5)52(60,66-48)49(57)50(58)54-22-12-11-15-40(54)51(59)65-47(35(6)41(55)30-42(38)56)33(4)27-37-18-21-43(44(29-37)61-7)64-23-13-14-36-16-19-39(53)20-17-36/h13-14,16-17,19-20,25,27,32,34-35,37-38,40-41,43-48,55,60H,10-12,15,18,21-24,26,28-30H2,1-9H3/b14-13+,31-25+,33-27+/t32-,34+,35+,37-,38+,40-,41-,43+,44+,45-,46-,47+,48+,52+/m0/s1. The molecule has 1 saturated carbocycles. The summed E-state index contributed by atoms with van der Waals surface area (Å²) in [5.74, 6) is -7.49. The predicted molar refractivity (Wildman–Crippen MR) is 252 cm³/mol. The normalized spacial score (nSPS) is 37.2. The molecule has 5 rings (SSSR count). The summed E-state index contributed by atoms with van der Waals surface area (Å²) in [6.45, 7) is 11.8. The van der Waals surface area contributed by atoms with Crippen molar-refractivity contribution in [3.63, 3.8) is 0 Å². The van der Waals surface area contributed by atoms with Gasteiger partial charge in [-0.3, -0.25) is 14.4 Å². The van der Waals surface area contributed by atoms with E-state index in [-0.39, 0.29) is 55.6 Å². The molecule has 2 N–H and O–H groups in total. The fraction of sp³-hybridized carbons (Fsp3) is 0.692. The van der Waals surface area contributed by atoms with Crippen LogP contribution in [0.3, 0.4) is 0 Å². The summed E-state index contributed by atoms with van der Waals surface area (Å²) in [6, 6.07) is 6.43. The Bertz CT molecular complexity index is 1880. The topological polar surface area (TPSA) is 167 Å². The first kappa shape index (κ1) is 53.7. The number of methoxy groups -OCH3 is 3. The number of piperidine rings is 1. The van der Waals surface area contributed by atoms with Crippen molar-refractivity contribution in [2.24, 2.45) is 29.6 Å². The number of hydrogen-bond acceptors (Lipinski definition) is 12. The molecule has 13 nitrogen and oxygen atoms in total. The van der Waals surface area contributed by atoms with Crippen molar-refractivity contribution in [3.05, 3.63) is 64.2 Å². The minimum absolute atomic E-state index is 0.0250. The van der Waals surface area contributed by atoms with Crippen LogP contribution in [0.1, 0.15) is 118 Å². The number of allylic oxidation sites excluding steroid dienone is 3. The summed E-state index contributed by atoms with van der Waals surface area (Å²) < 4.78 is 36.6. The number of ether oxygens (including phenoxy) is 6. The predicted octanol–water partition coefficient (Wildman–Crippen LogP) is 7.86. The Morgan fingerprint density at radius 3 is 2.26 bits per heavy atom. The average Bonchev–Trinajstić information content (AvgIpc) is 3.30. The van der Waals surface area contributed by atoms with Crippen molar-refractivity contribution in [2.75, 3.05) is 34.5 Å². The first-order valence-corrected chi connectivity index (χ1v) is 24.5. The number of hydrogen-bond donors (Lipinski definition) is 2. The summed E-state index contributed by atoms with van der Waals surface area (Å²) in [6.07, 6.45) is 8.68. The van der Waals surface area contributed by atoms with E-state index < -0.39 is 77.8 Å². The van der Waals surface area contributed by atoms with Gasteiger partial charge in [-0.1, -0.05) is 81.3 Å². The molecule has 14 atom stereocenters. The number of Topliss-reactive ketones (excluding diaryl/α,β-unsaturated/α-hetero) is 2. The fourth-order valence-corrected chi connectivity index (χ4v) is 10.6. The summed E-state index contributed by atoms with van der Waals surface area (Å²) in [5.41, 5.74) is 2.71. The smallest absolute Gasteiger partial charge is 0.329 e. The monoisotopic (exact) mass is 942 g/mol. The van der Waals surface area contributed by atoms with Gasteiger partial charge in [0.1, 0.15) is 24.0 Å². The van der Waals surface area contributed by atoms with Crippen LogP contribution in [0.15, 0.2) is 53.6 Å². The van der Waals surface area contributed by atoms with E-state index in [0.717, 1.165) is 24.0 Å². The molecule has 1 aromatic carbocycles. The van der Waals surface area contributed by atoms with Crippen LogP contribution in [-0.4, -0.2) is 128 Å². The summed E-state index contributed by atoms with van der Waals surface area (Å²) in [4.78, 5) is 58.4. The number of fused-ring (bicyclic) bond motifs is 3. The van der Waals surface area contributed by atoms with Gasteiger partial charge < -0.3 is 43.5 Å². The Hall–Kier alpha value is -3.27. The maximum absolute atomic E-state index is 14.5. The molecule has 3 fully saturated rings. The number of carbonyl (C=O) groups is 4. The zero-order valence-corrected chi connectivity index (χ0v) is 41.4. The van der Waals surface area contributed by atoms with E-state index >= 15 is 0 Å². The number of amides is 1. The molecular formula is C52H76ClNO12. The van der Waals surface area contributed by atoms with E-state index in [4.69, 9.17) is 40.0 Å². The second kappa shape index (κ2) is 24.8. The molecule has 66 heavy (non-hydrogen) atoms. The van der Waals surface area contributed by atoms with E-state index in [1.54, 1.807) is 21.0 Å². The zero-order valence-electron chi connectivity index (χ0n) is 40.6. The summed E-state index contributed by atoms with van der Waals surface area (Å²) in [5, 5.41) is 24.6. The molecule has 0 unspecified atom stereocenters. The first-order valence-electron chi connectivity index (χ1n) is 24.1. The lowest BCUT2D eigenvalue weighted by atomic mass is 9.81. The molecule has 14 heteroatoms. The van der Waals surface area contributed by atoms with Crippen LogP contribution in [0.2, 0.25) is 5.02 Å². The molecule has 2 saturated heterocycles. The van der Waals surface area contributed by atoms with E-state index in [2.05, 4.69) is 13.0 Å². The van der Waals surface area contributed by atoms with Gasteiger partial charge in [0.2, 0.25) is 5.79 Å². The van der Waals surface area contributed by atoms with Crippen molar-refractivity contribution in [1.82, 2.24) is 4.90 Å². The Morgan fingerprint density at radius 2 is 1.59 bits per heavy atom. The number of carbonyl (C=O) groups excluding carboxylic acids is 4. The number of aliphatic hydroxyl groups is 2. The number of ketones is 2. The molecule has 0 aromatic heterocycles. The molecule has 0 spiro atoms. The van der Waals surface area contributed by atoms with Crippen LogP contribution in [0, 0.1) is 29.6 Å². The first-order chi connectivity index (χ1) is 31.4. The van der Waals surface area contributed by atoms with Gasteiger partial charge in [-0.25, -0.2) is 4.79 Å². The van der Waals surface area contributed by atoms with Gasteiger partial charge in [0, 0.05) is 57.1 Å². The van der Waals surface area contributed by atoms with Crippen molar-refractivity contribution in [2.45, 2.75) is 167 Å². The highest BCUT2D eigenvalue weighted by Crippen LogP contribution is 2.39. The molecule has 2 bridgehead atoms. The second-order valence-electron chi connectivity index (χ2n) is 19.4. The number of halogens is 1. The Morgan fingerprint density at radius 1 is 0.909 bits per heavy atom. The average molecular weight is 943 g/mol. The highest BCUT2D eigenvalue weighted by molar-refractivity contribution is 6.39. The van der Waals surface area contributed by atoms with E-state index in [0.29, 0.717) is 55.7 Å². The maximum atomic E-state index is 14.5. The lowest BCUT2D eigenvalue weighted by Gasteiger charge is -2.47. The molecular weight excluding hydrogens is 866 g/mol. The van der Waals surface area contributed by atoms with Crippen LogP contribution in [0.4, 0.5) is 0 Å². The summed E-state index contributed by atoms with van der Waals surface area (Å²) >= 11 is 6.03. The Balaban J connectivity index is 1.44. The van der Waals surface area contributed by atoms with Crippen molar-refractivity contribution in [3.8, 4) is 0 Å². The number of aliphatic hydroxyl groups excluding tert-OH is 1. The zero-order chi connectivity index (χ0) is 48.3. The molecule has 0 radical (unpaired) electrons. The van der Waals surface area contributed by atoms with Crippen LogP contribution in [0.5, 0.6) is 0 Å². The third-order valence-electron chi connectivity index (χ3n) is 14.5. The lowest BCUT2D eigenvalue weighted by Crippen LogP contribution is -2.64. The molecule has 368 valence electrons. The van der Waals surface area contributed by atoms with Gasteiger partial charge in [-0.15, -0.1) is 0 Å². The maximum Gasteiger partial charge on any atom is 0.329 e. The van der Waals surface area contributed by atoms with E-state index in [1.165, 1.54) is 19.1 Å². The number of rotatable bonds is 10. The number of nitrogens with zero attached hydrogens (tertiary/aromatic N) is 1. The third-order valence-corrected chi connectivity index (χ3v) is 14.7. The lowest BCUT2D eigenvalue weighted by molar-refractivity contribution is -0.302. The number of benzene rings is 1. The van der Waals surface area contributed by atoms with E-state index in [9.17, 15) is 29.4 Å². The molecule has 1 aliphatic carbocycles. The molecule has 3 heterocycles. The fourth-order valence-electron chi connectivity index (χ4n) is 10.5. The van der Waals surface area contributed by atoms with Crippen LogP contribution in [-0.2, 0) is 47.6 Å². The van der Waals surface area contributed by atoms with Gasteiger partial charge in [0.15, 0.2) is 0 Å². The van der Waals surface area contributed by atoms with Crippen molar-refractivity contribution < 1.29 is 57.8 Å². The number of cyclic esters (lactones) is 1. The largest absolute Gasteiger partial charge is 0.456 e. The highest BCUT2D eigenvalue weighted by atomic mass is 35.5. The molecule has 1 amide bonds. The van der Waals surface area contributed by atoms with E-state index in [1.807, 2.05) is 63.3 Å². The third kappa shape index (κ3) is 13.5. The minimum Gasteiger partial charge on any atom is -0.456 e. The van der Waals surface area contributed by atoms with Gasteiger partial charge in [0.25, 0.3) is 11.7 Å². The number of esters is 1. The minimum atomic E-state index is -2.51. The van der Waals surface area contributed by atoms with Gasteiger partial charge in [-0.2, -0.15) is 0 Å². The molecule has 4 aliphatic rings. The van der Waals surface area contributed by atoms with Gasteiger partial charge >= 0.3 is 5.97 Å². The Labute approximate surface area is 397 Å². The van der Waals surface area contributed by atoms with Crippen LogP contribution in [0.25, 0.3) is 6.08 Å². The molecule has 3 aliphatic heterocycles. The second-order valence-corrected chi connectivity index (χ2v) is 19.9. The van der Waals surface area contributed by atoms with Crippen molar-refractivity contribution in [1.29, 1.82) is 0 Å².